The van der Waals surface area contributed by atoms with Crippen LogP contribution < -0.4 is 0 Å². The second-order valence-electron chi connectivity index (χ2n) is 2.65. The topological polar surface area (TPSA) is 29.5 Å². The highest BCUT2D eigenvalue weighted by Crippen LogP contribution is 2.17. The molecule has 0 bridgehead atoms. The van der Waals surface area contributed by atoms with Crippen LogP contribution in [0.4, 0.5) is 0 Å². The quantitative estimate of drug-likeness (QED) is 0.387. The van der Waals surface area contributed by atoms with Gasteiger partial charge >= 0.3 is 0 Å². The zero-order chi connectivity index (χ0) is 10.3. The molecule has 0 radical (unpaired) electrons. The van der Waals surface area contributed by atoms with Crippen molar-refractivity contribution >= 4 is 9.41 Å². The van der Waals surface area contributed by atoms with E-state index in [1.807, 2.05) is 6.92 Å². The maximum absolute atomic E-state index is 9.43. The first kappa shape index (κ1) is 9.74. The Morgan fingerprint density at radius 1 is 2.00 bits per heavy atom. The van der Waals surface area contributed by atoms with Gasteiger partial charge in [0.15, 0.2) is 0 Å². The van der Waals surface area contributed by atoms with Gasteiger partial charge in [0, 0.05) is 21.8 Å². The molecule has 0 spiro atoms. The highest BCUT2D eigenvalue weighted by Gasteiger charge is 2.21. The van der Waals surface area contributed by atoms with E-state index in [0.717, 1.165) is 0 Å². The number of aliphatic hydroxyl groups excluding tert-OH is 1. The summed E-state index contributed by atoms with van der Waals surface area (Å²) in [4.78, 5) is 0. The van der Waals surface area contributed by atoms with E-state index in [1.165, 1.54) is 6.08 Å². The van der Waals surface area contributed by atoms with E-state index in [2.05, 4.69) is 12.5 Å². The van der Waals surface area contributed by atoms with Crippen LogP contribution >= 0.6 is 9.41 Å². The molecule has 0 saturated heterocycles. The lowest BCUT2D eigenvalue weighted by Gasteiger charge is -2.23. The van der Waals surface area contributed by atoms with Crippen LogP contribution in [0, 0.1) is 18.3 Å². The fourth-order valence-electron chi connectivity index (χ4n) is 0.886. The predicted molar refractivity (Wildman–Crippen MR) is 53.4 cm³/mol. The third-order valence-electron chi connectivity index (χ3n) is 1.84. The molecule has 68 valence electrons. The molecule has 0 aromatic rings. The smallest absolute Gasteiger partial charge is 0.0851 e. The summed E-state index contributed by atoms with van der Waals surface area (Å²) in [6.45, 7) is 5.31. The second-order valence-corrected chi connectivity index (χ2v) is 2.89. The molecule has 3 heteroatoms. The highest BCUT2D eigenvalue weighted by molar-refractivity contribution is 7.09. The molecule has 0 aliphatic rings. The minimum atomic E-state index is -0.630. The van der Waals surface area contributed by atoms with Gasteiger partial charge in [0.25, 0.3) is 0 Å². The summed E-state index contributed by atoms with van der Waals surface area (Å²) in [5.74, 6) is 2.34. The Kier molecular flexibility index (Phi) is 5.03. The van der Waals surface area contributed by atoms with Crippen molar-refractivity contribution in [1.82, 2.24) is 0 Å². The summed E-state index contributed by atoms with van der Waals surface area (Å²) in [6, 6.07) is 0. The predicted octanol–water partition coefficient (Wildman–Crippen LogP) is 1.37. The minimum absolute atomic E-state index is 0.119. The summed E-state index contributed by atoms with van der Waals surface area (Å²) in [6.07, 6.45) is 6.12. The molecule has 0 amide bonds. The molecule has 0 fully saturated rings. The van der Waals surface area contributed by atoms with Gasteiger partial charge in [-0.15, -0.1) is 18.9 Å². The average molecular weight is 188 g/mol. The fraction of sp³-hybridized carbons (Fsp3) is 0.556. The summed E-state index contributed by atoms with van der Waals surface area (Å²) in [5, 5.41) is 9.43. The molecule has 1 N–H and O–H groups in total. The highest BCUT2D eigenvalue weighted by atomic mass is 31.0. The number of hydrogen-bond donors (Lipinski definition) is 1. The van der Waals surface area contributed by atoms with E-state index in [-0.39, 0.29) is 21.4 Å². The van der Waals surface area contributed by atoms with Crippen LogP contribution in [0.15, 0.2) is 12.7 Å². The van der Waals surface area contributed by atoms with Crippen LogP contribution in [0.2, 0.25) is 0 Å². The molecule has 0 heterocycles. The Bertz CT molecular complexity index is 191. The van der Waals surface area contributed by atoms with Crippen molar-refractivity contribution in [2.45, 2.75) is 25.6 Å². The Balaban J connectivity index is 4.18. The minimum Gasteiger partial charge on any atom is -0.389 e. The number of aliphatic hydroxyl groups is 1. The lowest BCUT2D eigenvalue weighted by molar-refractivity contribution is 0.0756. The molecule has 0 aliphatic carbocycles. The van der Waals surface area contributed by atoms with Gasteiger partial charge < -0.3 is 9.63 Å². The maximum Gasteiger partial charge on any atom is 0.0851 e. The van der Waals surface area contributed by atoms with Gasteiger partial charge in [-0.3, -0.25) is 0 Å². The molecule has 4 atom stereocenters. The first-order valence-corrected chi connectivity index (χ1v) is 4.14. The summed E-state index contributed by atoms with van der Waals surface area (Å²) < 4.78 is 12.0. The first-order valence-electron chi connectivity index (χ1n) is 4.23. The van der Waals surface area contributed by atoms with Gasteiger partial charge in [-0.05, 0) is 0 Å². The lowest BCUT2D eigenvalue weighted by Crippen LogP contribution is -2.28. The standard InChI is InChI=1S/C9H15O2P/c1-4-6-9(11-12)7(3)8(10)5-2/h1,5,7-10H,2,6,12H2,3H3/t7-,8?,9?/m0/s1/i12T/t7-,8?,9?,12?. The second kappa shape index (κ2) is 6.20. The Hall–Kier alpha value is -0.350. The van der Waals surface area contributed by atoms with E-state index in [0.29, 0.717) is 6.42 Å². The van der Waals surface area contributed by atoms with E-state index in [9.17, 15) is 5.11 Å². The lowest BCUT2D eigenvalue weighted by atomic mass is 9.96. The van der Waals surface area contributed by atoms with E-state index in [1.54, 1.807) is 0 Å². The van der Waals surface area contributed by atoms with Crippen LogP contribution in [0.1, 0.15) is 13.3 Å². The van der Waals surface area contributed by atoms with Gasteiger partial charge in [0.2, 0.25) is 0 Å². The molecule has 0 aromatic carbocycles. The third-order valence-corrected chi connectivity index (χ3v) is 2.14. The zero-order valence-corrected chi connectivity index (χ0v) is 8.16. The molecule has 2 nitrogen and oxygen atoms in total. The normalized spacial score (nSPS) is 19.6. The van der Waals surface area contributed by atoms with E-state index < -0.39 is 6.10 Å². The van der Waals surface area contributed by atoms with Crippen LogP contribution in [0.3, 0.4) is 0 Å². The van der Waals surface area contributed by atoms with Crippen LogP contribution in [0.5, 0.6) is 0 Å². The summed E-state index contributed by atoms with van der Waals surface area (Å²) in [5.41, 5.74) is 0. The van der Waals surface area contributed by atoms with Gasteiger partial charge in [-0.1, -0.05) is 13.0 Å². The Morgan fingerprint density at radius 3 is 3.08 bits per heavy atom. The van der Waals surface area contributed by atoms with Crippen molar-refractivity contribution in [3.63, 3.8) is 0 Å². The third kappa shape index (κ3) is 3.36. The van der Waals surface area contributed by atoms with E-state index in [4.69, 9.17) is 12.2 Å². The van der Waals surface area contributed by atoms with Crippen molar-refractivity contribution in [2.24, 2.45) is 5.92 Å². The number of rotatable bonds is 6. The SMILES string of the molecule is [3H]POC(CC#C)[C@@H](C)C(O)C=C. The molecule has 0 saturated carbocycles. The van der Waals surface area contributed by atoms with Crippen molar-refractivity contribution in [3.8, 4) is 12.3 Å². The number of hydrogen-bond acceptors (Lipinski definition) is 2. The monoisotopic (exact) mass is 188 g/mol. The molecule has 0 aromatic heterocycles. The van der Waals surface area contributed by atoms with Gasteiger partial charge in [0.1, 0.15) is 0 Å². The summed E-state index contributed by atoms with van der Waals surface area (Å²) >= 11 is 0. The maximum atomic E-state index is 9.43. The van der Waals surface area contributed by atoms with Crippen molar-refractivity contribution in [2.75, 3.05) is 0 Å². The van der Waals surface area contributed by atoms with Crippen molar-refractivity contribution < 1.29 is 9.63 Å². The van der Waals surface area contributed by atoms with Crippen LogP contribution in [0.25, 0.3) is 0 Å². The van der Waals surface area contributed by atoms with Gasteiger partial charge in [-0.2, -0.15) is 0 Å². The van der Waals surface area contributed by atoms with Crippen LogP contribution in [-0.2, 0) is 4.52 Å². The molecular formula is C9H15O2P. The summed E-state index contributed by atoms with van der Waals surface area (Å²) in [7, 11) is -0.356. The van der Waals surface area contributed by atoms with Crippen LogP contribution in [-0.4, -0.2) is 18.6 Å². The molecule has 0 aliphatic heterocycles. The van der Waals surface area contributed by atoms with Gasteiger partial charge in [0.05, 0.1) is 13.5 Å². The molecule has 0 rings (SSSR count). The van der Waals surface area contributed by atoms with E-state index >= 15 is 0 Å². The Morgan fingerprint density at radius 2 is 2.67 bits per heavy atom. The van der Waals surface area contributed by atoms with Crippen molar-refractivity contribution in [1.29, 1.82) is 1.28 Å². The molecular weight excluding hydrogens is 171 g/mol. The first-order chi connectivity index (χ1) is 6.17. The number of terminal acetylenes is 1. The average Bonchev–Trinajstić information content (AvgIpc) is 2.15. The molecule has 12 heavy (non-hydrogen) atoms. The van der Waals surface area contributed by atoms with Crippen molar-refractivity contribution in [3.05, 3.63) is 12.7 Å². The van der Waals surface area contributed by atoms with Gasteiger partial charge in [-0.25, -0.2) is 0 Å². The fourth-order valence-corrected chi connectivity index (χ4v) is 1.18. The zero-order valence-electron chi connectivity index (χ0n) is 8.16. The molecule has 3 unspecified atom stereocenters. The Labute approximate surface area is 77.6 Å². The largest absolute Gasteiger partial charge is 0.389 e.